The minimum Gasteiger partial charge on any atom is -0.463 e. The number of thiophene rings is 1. The first-order chi connectivity index (χ1) is 14.7. The van der Waals surface area contributed by atoms with Gasteiger partial charge in [0.05, 0.1) is 38.3 Å². The molecule has 164 valence electrons. The lowest BCUT2D eigenvalue weighted by Crippen LogP contribution is -2.38. The van der Waals surface area contributed by atoms with E-state index in [1.165, 1.54) is 29.5 Å². The molecular weight excluding hydrogens is 446 g/mol. The normalized spacial score (nSPS) is 16.4. The molecule has 0 spiro atoms. The molecule has 0 saturated heterocycles. The van der Waals surface area contributed by atoms with E-state index < -0.39 is 28.9 Å². The second-order valence-electron chi connectivity index (χ2n) is 7.06. The van der Waals surface area contributed by atoms with Crippen molar-refractivity contribution in [2.75, 3.05) is 0 Å². The maximum absolute atomic E-state index is 12.8. The van der Waals surface area contributed by atoms with Crippen LogP contribution in [0.25, 0.3) is 0 Å². The number of oxime groups is 1. The van der Waals surface area contributed by atoms with Crippen molar-refractivity contribution in [2.24, 2.45) is 5.16 Å². The van der Waals surface area contributed by atoms with E-state index in [-0.39, 0.29) is 30.2 Å². The van der Waals surface area contributed by atoms with Crippen molar-refractivity contribution in [1.29, 1.82) is 0 Å². The number of carbonyl (C=O) groups is 2. The van der Waals surface area contributed by atoms with Crippen LogP contribution in [0.2, 0.25) is 4.34 Å². The summed E-state index contributed by atoms with van der Waals surface area (Å²) >= 11 is 7.26. The van der Waals surface area contributed by atoms with E-state index in [4.69, 9.17) is 21.2 Å². The highest BCUT2D eigenvalue weighted by atomic mass is 35.5. The van der Waals surface area contributed by atoms with Crippen molar-refractivity contribution in [3.05, 3.63) is 61.3 Å². The summed E-state index contributed by atoms with van der Waals surface area (Å²) in [7, 11) is 0. The number of amides is 1. The Balaban J connectivity index is 1.76. The smallest absolute Gasteiger partial charge is 0.308 e. The third-order valence-corrected chi connectivity index (χ3v) is 5.66. The Labute approximate surface area is 187 Å². The van der Waals surface area contributed by atoms with Crippen molar-refractivity contribution in [1.82, 2.24) is 5.32 Å². The van der Waals surface area contributed by atoms with E-state index in [1.54, 1.807) is 32.0 Å². The standard InChI is InChI=1S/C20H20ClN3O6S/c1-11(2)29-19(25)10-13(12-5-3-4-6-15(12)24(27)28)22-20(26)16-9-14(23-30-16)17-7-8-18(21)31-17/h3-8,11,13,16H,9-10H2,1-2H3,(H,22,26). The van der Waals surface area contributed by atoms with Gasteiger partial charge in [-0.2, -0.15) is 0 Å². The van der Waals surface area contributed by atoms with Crippen LogP contribution in [0.1, 0.15) is 43.2 Å². The summed E-state index contributed by atoms with van der Waals surface area (Å²) < 4.78 is 5.75. The summed E-state index contributed by atoms with van der Waals surface area (Å²) in [5.74, 6) is -1.13. The minimum atomic E-state index is -0.968. The number of benzene rings is 1. The number of para-hydroxylation sites is 1. The molecule has 0 bridgehead atoms. The highest BCUT2D eigenvalue weighted by Crippen LogP contribution is 2.29. The zero-order valence-corrected chi connectivity index (χ0v) is 18.3. The summed E-state index contributed by atoms with van der Waals surface area (Å²) in [6, 6.07) is 8.47. The number of rotatable bonds is 8. The predicted octanol–water partition coefficient (Wildman–Crippen LogP) is 4.00. The maximum Gasteiger partial charge on any atom is 0.308 e. The van der Waals surface area contributed by atoms with Gasteiger partial charge in [0.2, 0.25) is 6.10 Å². The van der Waals surface area contributed by atoms with Crippen molar-refractivity contribution >= 4 is 46.2 Å². The van der Waals surface area contributed by atoms with Gasteiger partial charge in [0.25, 0.3) is 11.6 Å². The van der Waals surface area contributed by atoms with E-state index in [0.29, 0.717) is 10.0 Å². The Morgan fingerprint density at radius 1 is 1.35 bits per heavy atom. The second kappa shape index (κ2) is 9.88. The number of hydrogen-bond acceptors (Lipinski definition) is 8. The third-order valence-electron chi connectivity index (χ3n) is 4.38. The van der Waals surface area contributed by atoms with E-state index in [0.717, 1.165) is 4.88 Å². The monoisotopic (exact) mass is 465 g/mol. The fraction of sp³-hybridized carbons (Fsp3) is 0.350. The molecule has 2 atom stereocenters. The Morgan fingerprint density at radius 2 is 2.10 bits per heavy atom. The van der Waals surface area contributed by atoms with Gasteiger partial charge in [-0.25, -0.2) is 0 Å². The van der Waals surface area contributed by atoms with Crippen molar-refractivity contribution in [3.8, 4) is 0 Å². The van der Waals surface area contributed by atoms with Gasteiger partial charge in [-0.05, 0) is 26.0 Å². The summed E-state index contributed by atoms with van der Waals surface area (Å²) in [4.78, 5) is 42.0. The highest BCUT2D eigenvalue weighted by Gasteiger charge is 2.33. The van der Waals surface area contributed by atoms with E-state index in [9.17, 15) is 19.7 Å². The number of ether oxygens (including phenoxy) is 1. The number of nitrogens with zero attached hydrogens (tertiary/aromatic N) is 2. The topological polar surface area (TPSA) is 120 Å². The van der Waals surface area contributed by atoms with Gasteiger partial charge in [0.1, 0.15) is 5.71 Å². The van der Waals surface area contributed by atoms with Gasteiger partial charge >= 0.3 is 5.97 Å². The molecule has 1 aromatic heterocycles. The number of nitrogens with one attached hydrogen (secondary N) is 1. The molecule has 2 aromatic rings. The number of hydrogen-bond donors (Lipinski definition) is 1. The molecule has 0 radical (unpaired) electrons. The summed E-state index contributed by atoms with van der Waals surface area (Å²) in [5, 5.41) is 18.1. The van der Waals surface area contributed by atoms with Gasteiger partial charge in [-0.3, -0.25) is 19.7 Å². The SMILES string of the molecule is CC(C)OC(=O)CC(NC(=O)C1CC(c2ccc(Cl)s2)=NO1)c1ccccc1[N+](=O)[O-]. The van der Waals surface area contributed by atoms with E-state index in [1.807, 2.05) is 0 Å². The lowest BCUT2D eigenvalue weighted by molar-refractivity contribution is -0.385. The molecule has 0 aliphatic carbocycles. The Bertz CT molecular complexity index is 1020. The molecule has 2 unspecified atom stereocenters. The molecule has 1 amide bonds. The number of nitro groups is 1. The fourth-order valence-corrected chi connectivity index (χ4v) is 4.10. The first-order valence-corrected chi connectivity index (χ1v) is 10.7. The molecule has 2 heterocycles. The predicted molar refractivity (Wildman–Crippen MR) is 115 cm³/mol. The molecule has 1 aliphatic rings. The van der Waals surface area contributed by atoms with Crippen LogP contribution < -0.4 is 5.32 Å². The van der Waals surface area contributed by atoms with Crippen molar-refractivity contribution in [3.63, 3.8) is 0 Å². The van der Waals surface area contributed by atoms with Gasteiger partial charge in [-0.1, -0.05) is 35.0 Å². The van der Waals surface area contributed by atoms with Crippen LogP contribution >= 0.6 is 22.9 Å². The van der Waals surface area contributed by atoms with Gasteiger partial charge in [0.15, 0.2) is 0 Å². The molecule has 1 aliphatic heterocycles. The average Bonchev–Trinajstić information content (AvgIpc) is 3.36. The summed E-state index contributed by atoms with van der Waals surface area (Å²) in [6.07, 6.45) is -1.35. The number of nitro benzene ring substituents is 1. The Kier molecular flexibility index (Phi) is 7.24. The lowest BCUT2D eigenvalue weighted by atomic mass is 10.0. The fourth-order valence-electron chi connectivity index (χ4n) is 3.06. The minimum absolute atomic E-state index is 0.200. The molecule has 11 heteroatoms. The third kappa shape index (κ3) is 5.80. The van der Waals surface area contributed by atoms with Crippen LogP contribution in [0.4, 0.5) is 5.69 Å². The second-order valence-corrected chi connectivity index (χ2v) is 8.77. The van der Waals surface area contributed by atoms with Crippen LogP contribution in [0, 0.1) is 10.1 Å². The first-order valence-electron chi connectivity index (χ1n) is 9.46. The molecule has 0 saturated carbocycles. The lowest BCUT2D eigenvalue weighted by Gasteiger charge is -2.20. The summed E-state index contributed by atoms with van der Waals surface area (Å²) in [6.45, 7) is 3.39. The average molecular weight is 466 g/mol. The Hall–Kier alpha value is -2.98. The molecule has 9 nitrogen and oxygen atoms in total. The van der Waals surface area contributed by atoms with Crippen LogP contribution in [0.5, 0.6) is 0 Å². The molecule has 0 fully saturated rings. The van der Waals surface area contributed by atoms with Gasteiger partial charge in [-0.15, -0.1) is 11.3 Å². The van der Waals surface area contributed by atoms with Crippen LogP contribution in [-0.4, -0.2) is 34.7 Å². The van der Waals surface area contributed by atoms with Crippen LogP contribution in [0.3, 0.4) is 0 Å². The van der Waals surface area contributed by atoms with E-state index >= 15 is 0 Å². The molecule has 3 rings (SSSR count). The largest absolute Gasteiger partial charge is 0.463 e. The molecule has 1 aromatic carbocycles. The number of halogens is 1. The highest BCUT2D eigenvalue weighted by molar-refractivity contribution is 7.18. The number of esters is 1. The first kappa shape index (κ1) is 22.7. The van der Waals surface area contributed by atoms with Gasteiger partial charge in [0, 0.05) is 12.5 Å². The molecule has 31 heavy (non-hydrogen) atoms. The van der Waals surface area contributed by atoms with Crippen LogP contribution in [-0.2, 0) is 19.2 Å². The summed E-state index contributed by atoms with van der Waals surface area (Å²) in [5.41, 5.74) is 0.576. The van der Waals surface area contributed by atoms with Crippen molar-refractivity contribution < 1.29 is 24.1 Å². The van der Waals surface area contributed by atoms with E-state index in [2.05, 4.69) is 10.5 Å². The van der Waals surface area contributed by atoms with Gasteiger partial charge < -0.3 is 14.9 Å². The molecule has 1 N–H and O–H groups in total. The van der Waals surface area contributed by atoms with Crippen molar-refractivity contribution in [2.45, 2.75) is 44.9 Å². The maximum atomic E-state index is 12.8. The zero-order chi connectivity index (χ0) is 22.5. The Morgan fingerprint density at radius 3 is 2.74 bits per heavy atom. The van der Waals surface area contributed by atoms with Crippen LogP contribution in [0.15, 0.2) is 41.6 Å². The quantitative estimate of drug-likeness (QED) is 0.357. The molecular formula is C20H20ClN3O6S. The zero-order valence-electron chi connectivity index (χ0n) is 16.7. The number of carbonyl (C=O) groups excluding carboxylic acids is 2.